The predicted molar refractivity (Wildman–Crippen MR) is 177 cm³/mol. The van der Waals surface area contributed by atoms with Crippen LogP contribution < -0.4 is 10.2 Å². The number of alkyl halides is 4. The number of carbonyl (C=O) groups excluding carboxylic acids is 2. The van der Waals surface area contributed by atoms with E-state index in [0.717, 1.165) is 27.9 Å². The highest BCUT2D eigenvalue weighted by atomic mass is 35.5. The molecule has 0 radical (unpaired) electrons. The number of H-pyrrole nitrogens is 3. The first-order valence-corrected chi connectivity index (χ1v) is 15.4. The summed E-state index contributed by atoms with van der Waals surface area (Å²) in [4.78, 5) is 53.0. The van der Waals surface area contributed by atoms with E-state index in [4.69, 9.17) is 11.6 Å². The summed E-state index contributed by atoms with van der Waals surface area (Å²) in [6.45, 7) is -0.0771. The molecule has 15 heteroatoms. The molecule has 6 N–H and O–H groups in total. The maximum Gasteiger partial charge on any atom is 0.432 e. The third kappa shape index (κ3) is 4.74. The number of carboxylic acids is 1. The summed E-state index contributed by atoms with van der Waals surface area (Å²) in [5, 5.41) is 25.4. The van der Waals surface area contributed by atoms with Gasteiger partial charge in [-0.1, -0.05) is 18.2 Å². The smallest absolute Gasteiger partial charge is 0.432 e. The van der Waals surface area contributed by atoms with Gasteiger partial charge in [0.05, 0.1) is 28.5 Å². The maximum absolute atomic E-state index is 13.9. The second kappa shape index (κ2) is 10.8. The van der Waals surface area contributed by atoms with Crippen LogP contribution in [0.1, 0.15) is 48.5 Å². The summed E-state index contributed by atoms with van der Waals surface area (Å²) in [5.41, 5.74) is 0.180. The molecule has 11 nitrogen and oxygen atoms in total. The molecule has 0 saturated heterocycles. The first kappa shape index (κ1) is 30.3. The zero-order valence-electron chi connectivity index (χ0n) is 24.9. The number of carboxylic acid groups (broad SMARTS) is 1. The zero-order valence-corrected chi connectivity index (χ0v) is 25.6. The monoisotopic (exact) mass is 686 g/mol. The fourth-order valence-corrected chi connectivity index (χ4v) is 6.95. The van der Waals surface area contributed by atoms with E-state index in [1.807, 2.05) is 29.2 Å². The minimum Gasteiger partial charge on any atom is -0.506 e. The molecule has 1 aliphatic heterocycles. The van der Waals surface area contributed by atoms with Crippen LogP contribution >= 0.6 is 11.6 Å². The number of aromatic nitrogens is 4. The van der Waals surface area contributed by atoms with Crippen molar-refractivity contribution in [3.8, 4) is 5.75 Å². The average molecular weight is 687 g/mol. The molecular formula is C34H22ClF3N6O5. The van der Waals surface area contributed by atoms with E-state index in [1.54, 1.807) is 36.5 Å². The molecule has 0 spiro atoms. The minimum absolute atomic E-state index is 0.0437. The normalized spacial score (nSPS) is 14.7. The highest BCUT2D eigenvalue weighted by Gasteiger charge is 2.43. The van der Waals surface area contributed by atoms with Gasteiger partial charge in [-0.25, -0.2) is 9.78 Å². The molecule has 5 heterocycles. The fourth-order valence-electron chi connectivity index (χ4n) is 6.70. The first-order chi connectivity index (χ1) is 23.4. The molecule has 0 saturated carbocycles. The number of fused-ring (bicyclic) bond motifs is 7. The number of rotatable bonds is 5. The van der Waals surface area contributed by atoms with Crippen molar-refractivity contribution in [1.29, 1.82) is 0 Å². The lowest BCUT2D eigenvalue weighted by atomic mass is 9.95. The molecular weight excluding hydrogens is 665 g/mol. The van der Waals surface area contributed by atoms with E-state index in [-0.39, 0.29) is 40.4 Å². The van der Waals surface area contributed by atoms with E-state index < -0.39 is 52.4 Å². The minimum atomic E-state index is -5.05. The SMILES string of the molecule is O=C(Nc1ccc2[nH]c(C(=O)N3C[C@@H](CCl)c4c3cc(O)c3[nH]c(C(F)(F)F)c(C(=O)O)c43)cc2c1)c1cc2c(cn1)[nH]c1ccccc12. The van der Waals surface area contributed by atoms with Crippen LogP contribution in [0.2, 0.25) is 0 Å². The van der Waals surface area contributed by atoms with Crippen LogP contribution in [0.15, 0.2) is 66.9 Å². The first-order valence-electron chi connectivity index (χ1n) is 14.8. The molecule has 8 rings (SSSR count). The van der Waals surface area contributed by atoms with Gasteiger partial charge in [0.1, 0.15) is 22.8 Å². The molecule has 0 unspecified atom stereocenters. The van der Waals surface area contributed by atoms with Crippen molar-refractivity contribution in [1.82, 2.24) is 19.9 Å². The van der Waals surface area contributed by atoms with Crippen LogP contribution in [0.25, 0.3) is 43.6 Å². The summed E-state index contributed by atoms with van der Waals surface area (Å²) in [6, 6.07) is 17.1. The standard InChI is InChI=1S/C34H22ClF3N6O5/c35-11-15-13-44(24-10-25(45)29-27(26(15)24)28(33(48)49)30(43-29)34(36,37)38)32(47)22-8-14-7-16(5-6-19(14)41-22)40-31(46)21-9-18-17-3-1-2-4-20(17)42-23(18)12-39-21/h1-10,12,15,41-43,45H,11,13H2,(H,40,46)(H,48,49)/t15-/m1/s1. The summed E-state index contributed by atoms with van der Waals surface area (Å²) < 4.78 is 41.5. The maximum atomic E-state index is 13.9. The number of phenols is 1. The van der Waals surface area contributed by atoms with Crippen molar-refractivity contribution in [3.05, 3.63) is 95.1 Å². The van der Waals surface area contributed by atoms with Gasteiger partial charge in [-0.3, -0.25) is 9.59 Å². The number of hydrogen-bond donors (Lipinski definition) is 6. The highest BCUT2D eigenvalue weighted by Crippen LogP contribution is 2.49. The van der Waals surface area contributed by atoms with Crippen molar-refractivity contribution < 1.29 is 37.8 Å². The van der Waals surface area contributed by atoms with Crippen LogP contribution in [0.3, 0.4) is 0 Å². The largest absolute Gasteiger partial charge is 0.506 e. The summed E-state index contributed by atoms with van der Waals surface area (Å²) in [6.07, 6.45) is -3.46. The van der Waals surface area contributed by atoms with Gasteiger partial charge >= 0.3 is 12.1 Å². The number of hydrogen-bond acceptors (Lipinski definition) is 5. The van der Waals surface area contributed by atoms with Gasteiger partial charge in [0, 0.05) is 62.7 Å². The Kier molecular flexibility index (Phi) is 6.65. The number of phenolic OH excluding ortho intramolecular Hbond substituents is 1. The van der Waals surface area contributed by atoms with Gasteiger partial charge in [-0.15, -0.1) is 11.6 Å². The number of halogens is 4. The highest BCUT2D eigenvalue weighted by molar-refractivity contribution is 6.20. The summed E-state index contributed by atoms with van der Waals surface area (Å²) in [7, 11) is 0. The number of anilines is 2. The van der Waals surface area contributed by atoms with Crippen molar-refractivity contribution in [3.63, 3.8) is 0 Å². The topological polar surface area (TPSA) is 167 Å². The van der Waals surface area contributed by atoms with Crippen molar-refractivity contribution in [2.24, 2.45) is 0 Å². The molecule has 1 atom stereocenters. The van der Waals surface area contributed by atoms with E-state index >= 15 is 0 Å². The Balaban J connectivity index is 1.11. The zero-order chi connectivity index (χ0) is 34.4. The van der Waals surface area contributed by atoms with Gasteiger partial charge in [0.25, 0.3) is 11.8 Å². The summed E-state index contributed by atoms with van der Waals surface area (Å²) >= 11 is 6.21. The van der Waals surface area contributed by atoms with Crippen molar-refractivity contribution in [2.45, 2.75) is 12.1 Å². The second-order valence-corrected chi connectivity index (χ2v) is 12.1. The number of nitrogens with zero attached hydrogens (tertiary/aromatic N) is 2. The molecule has 2 amide bonds. The second-order valence-electron chi connectivity index (χ2n) is 11.7. The van der Waals surface area contributed by atoms with Gasteiger partial charge < -0.3 is 35.4 Å². The van der Waals surface area contributed by atoms with E-state index in [9.17, 15) is 37.8 Å². The lowest BCUT2D eigenvalue weighted by Gasteiger charge is -2.17. The lowest BCUT2D eigenvalue weighted by molar-refractivity contribution is -0.141. The Morgan fingerprint density at radius 3 is 2.53 bits per heavy atom. The van der Waals surface area contributed by atoms with Gasteiger partial charge in [-0.05, 0) is 42.0 Å². The Morgan fingerprint density at radius 2 is 1.78 bits per heavy atom. The number of aromatic hydroxyl groups is 1. The Hall–Kier alpha value is -6.02. The third-order valence-corrected chi connectivity index (χ3v) is 9.21. The molecule has 7 aromatic rings. The lowest BCUT2D eigenvalue weighted by Crippen LogP contribution is -2.30. The molecule has 0 bridgehead atoms. The van der Waals surface area contributed by atoms with Crippen molar-refractivity contribution in [2.75, 3.05) is 22.6 Å². The predicted octanol–water partition coefficient (Wildman–Crippen LogP) is 7.34. The number of amides is 2. The van der Waals surface area contributed by atoms with Crippen LogP contribution in [-0.4, -0.2) is 60.4 Å². The quantitative estimate of drug-likeness (QED) is 0.104. The average Bonchev–Trinajstić information content (AvgIpc) is 3.84. The van der Waals surface area contributed by atoms with Crippen LogP contribution in [0.4, 0.5) is 24.5 Å². The molecule has 246 valence electrons. The van der Waals surface area contributed by atoms with Crippen LogP contribution in [-0.2, 0) is 6.18 Å². The number of pyridine rings is 1. The molecule has 0 fully saturated rings. The molecule has 0 aliphatic carbocycles. The number of aromatic carboxylic acids is 1. The van der Waals surface area contributed by atoms with Crippen LogP contribution in [0.5, 0.6) is 5.75 Å². The Morgan fingerprint density at radius 1 is 0.980 bits per heavy atom. The number of benzene rings is 3. The molecule has 49 heavy (non-hydrogen) atoms. The molecule has 4 aromatic heterocycles. The summed E-state index contributed by atoms with van der Waals surface area (Å²) in [5.74, 6) is -4.41. The number of carbonyl (C=O) groups is 3. The van der Waals surface area contributed by atoms with E-state index in [1.165, 1.54) is 4.90 Å². The fraction of sp³-hybridized carbons (Fsp3) is 0.118. The van der Waals surface area contributed by atoms with Gasteiger partial charge in [0.15, 0.2) is 0 Å². The third-order valence-electron chi connectivity index (χ3n) is 8.84. The van der Waals surface area contributed by atoms with E-state index in [2.05, 4.69) is 20.3 Å². The van der Waals surface area contributed by atoms with Gasteiger partial charge in [-0.2, -0.15) is 13.2 Å². The molecule has 3 aromatic carbocycles. The van der Waals surface area contributed by atoms with Crippen LogP contribution in [0, 0.1) is 0 Å². The van der Waals surface area contributed by atoms with Crippen molar-refractivity contribution >= 4 is 84.4 Å². The van der Waals surface area contributed by atoms with E-state index in [0.29, 0.717) is 16.6 Å². The number of aromatic amines is 3. The number of nitrogens with one attached hydrogen (secondary N) is 4. The molecule has 1 aliphatic rings. The van der Waals surface area contributed by atoms with Gasteiger partial charge in [0.2, 0.25) is 0 Å². The Bertz CT molecular complexity index is 2550. The number of para-hydroxylation sites is 1. The Labute approximate surface area is 277 Å².